The zero-order valence-corrected chi connectivity index (χ0v) is 21.0. The summed E-state index contributed by atoms with van der Waals surface area (Å²) in [5.41, 5.74) is -0.511. The number of ether oxygens (including phenoxy) is 2. The molecule has 6 nitrogen and oxygen atoms in total. The van der Waals surface area contributed by atoms with Crippen molar-refractivity contribution in [1.82, 2.24) is 0 Å². The van der Waals surface area contributed by atoms with Crippen LogP contribution in [0, 0.1) is 23.2 Å². The molecule has 3 aromatic carbocycles. The first kappa shape index (κ1) is 23.3. The van der Waals surface area contributed by atoms with E-state index in [0.29, 0.717) is 57.1 Å². The van der Waals surface area contributed by atoms with E-state index in [-0.39, 0.29) is 18.4 Å². The number of halogens is 2. The number of nitriles is 1. The van der Waals surface area contributed by atoms with Crippen molar-refractivity contribution < 1.29 is 19.1 Å². The summed E-state index contributed by atoms with van der Waals surface area (Å²) in [6, 6.07) is 18.1. The summed E-state index contributed by atoms with van der Waals surface area (Å²) in [6.07, 6.45) is 1.79. The van der Waals surface area contributed by atoms with E-state index in [1.807, 2.05) is 31.2 Å². The molecule has 3 aliphatic heterocycles. The number of rotatable bonds is 5. The van der Waals surface area contributed by atoms with Gasteiger partial charge in [0.2, 0.25) is 11.8 Å². The molecular weight excluding hydrogens is 499 g/mol. The van der Waals surface area contributed by atoms with Crippen molar-refractivity contribution in [1.29, 1.82) is 5.26 Å². The Balaban J connectivity index is 1.33. The van der Waals surface area contributed by atoms with Gasteiger partial charge in [0.05, 0.1) is 52.0 Å². The van der Waals surface area contributed by atoms with Crippen molar-refractivity contribution in [2.24, 2.45) is 11.8 Å². The average molecular weight is 521 g/mol. The Kier molecular flexibility index (Phi) is 5.31. The minimum atomic E-state index is -0.797. The number of benzene rings is 3. The van der Waals surface area contributed by atoms with Gasteiger partial charge in [0.15, 0.2) is 0 Å². The lowest BCUT2D eigenvalue weighted by atomic mass is 9.67. The summed E-state index contributed by atoms with van der Waals surface area (Å²) in [7, 11) is 0. The van der Waals surface area contributed by atoms with Crippen LogP contribution in [0.15, 0.2) is 54.6 Å². The van der Waals surface area contributed by atoms with Crippen LogP contribution >= 0.6 is 23.2 Å². The lowest BCUT2D eigenvalue weighted by molar-refractivity contribution is -0.131. The Hall–Kier alpha value is -3.11. The molecule has 0 spiro atoms. The van der Waals surface area contributed by atoms with Crippen LogP contribution in [0.1, 0.15) is 31.7 Å². The maximum Gasteiger partial charge on any atom is 0.240 e. The highest BCUT2D eigenvalue weighted by Crippen LogP contribution is 2.62. The van der Waals surface area contributed by atoms with Gasteiger partial charge in [0.25, 0.3) is 0 Å². The highest BCUT2D eigenvalue weighted by Gasteiger charge is 2.73. The van der Waals surface area contributed by atoms with E-state index in [1.54, 1.807) is 30.3 Å². The Morgan fingerprint density at radius 3 is 2.56 bits per heavy atom. The van der Waals surface area contributed by atoms with E-state index in [4.69, 9.17) is 32.7 Å². The smallest absolute Gasteiger partial charge is 0.240 e. The molecule has 4 atom stereocenters. The van der Waals surface area contributed by atoms with Gasteiger partial charge in [-0.3, -0.25) is 9.59 Å². The van der Waals surface area contributed by atoms with E-state index in [1.165, 1.54) is 4.90 Å². The summed E-state index contributed by atoms with van der Waals surface area (Å²) in [6.45, 7) is 2.19. The second-order valence-electron chi connectivity index (χ2n) is 9.89. The van der Waals surface area contributed by atoms with Gasteiger partial charge in [-0.1, -0.05) is 53.5 Å². The number of carbonyl (C=O) groups excluding carboxylic acids is 2. The number of nitrogens with zero attached hydrogens (tertiary/aromatic N) is 2. The predicted molar refractivity (Wildman–Crippen MR) is 136 cm³/mol. The number of hydrogen-bond acceptors (Lipinski definition) is 5. The van der Waals surface area contributed by atoms with Crippen LogP contribution < -0.4 is 9.64 Å². The van der Waals surface area contributed by atoms with Gasteiger partial charge in [0, 0.05) is 17.2 Å². The molecule has 36 heavy (non-hydrogen) atoms. The zero-order chi connectivity index (χ0) is 25.2. The van der Waals surface area contributed by atoms with Crippen molar-refractivity contribution in [3.63, 3.8) is 0 Å². The zero-order valence-electron chi connectivity index (χ0n) is 19.5. The van der Waals surface area contributed by atoms with E-state index in [2.05, 4.69) is 6.07 Å². The second kappa shape index (κ2) is 8.21. The fourth-order valence-corrected chi connectivity index (χ4v) is 6.70. The van der Waals surface area contributed by atoms with Gasteiger partial charge < -0.3 is 9.47 Å². The Morgan fingerprint density at radius 2 is 1.78 bits per heavy atom. The molecule has 8 heteroatoms. The Bertz CT molecular complexity index is 1480. The number of anilines is 1. The SMILES string of the molecule is C[C@]12CC[C@](CCOc3cccc(Cl)c3Cl)(O1)[C@@H]1C(=O)N(c3ccc(C#N)c4ccccc34)C(=O)[C@@H]12. The molecule has 3 aromatic rings. The maximum absolute atomic E-state index is 13.9. The van der Waals surface area contributed by atoms with Gasteiger partial charge in [-0.15, -0.1) is 0 Å². The molecule has 0 N–H and O–H groups in total. The topological polar surface area (TPSA) is 79.6 Å². The molecule has 3 fully saturated rings. The third-order valence-electron chi connectivity index (χ3n) is 7.97. The van der Waals surface area contributed by atoms with Gasteiger partial charge in [0.1, 0.15) is 10.8 Å². The Morgan fingerprint density at radius 1 is 1.03 bits per heavy atom. The first-order valence-electron chi connectivity index (χ1n) is 11.9. The minimum Gasteiger partial charge on any atom is -0.492 e. The van der Waals surface area contributed by atoms with E-state index >= 15 is 0 Å². The van der Waals surface area contributed by atoms with E-state index < -0.39 is 23.0 Å². The lowest BCUT2D eigenvalue weighted by Crippen LogP contribution is -2.43. The minimum absolute atomic E-state index is 0.247. The summed E-state index contributed by atoms with van der Waals surface area (Å²) in [5.74, 6) is -1.21. The standard InChI is InChI=1S/C28H22Cl2N2O4/c1-27-11-12-28(36-27,13-14-35-21-8-4-7-19(29)24(21)30)23-22(27)25(33)32(26(23)34)20-10-9-16(15-31)17-5-2-3-6-18(17)20/h2-10,22-23H,11-14H2,1H3/t22-,23+,27-,28-/m1/s1. The normalized spacial score (nSPS) is 28.6. The van der Waals surface area contributed by atoms with Crippen LogP contribution in [0.5, 0.6) is 5.75 Å². The van der Waals surface area contributed by atoms with Gasteiger partial charge >= 0.3 is 0 Å². The van der Waals surface area contributed by atoms with Crippen molar-refractivity contribution in [2.75, 3.05) is 11.5 Å². The quantitative estimate of drug-likeness (QED) is 0.390. The molecule has 3 aliphatic rings. The van der Waals surface area contributed by atoms with Crippen LogP contribution in [-0.4, -0.2) is 29.6 Å². The fraction of sp³-hybridized carbons (Fsp3) is 0.321. The van der Waals surface area contributed by atoms with Crippen molar-refractivity contribution in [3.8, 4) is 11.8 Å². The third-order valence-corrected chi connectivity index (χ3v) is 8.77. The monoisotopic (exact) mass is 520 g/mol. The predicted octanol–water partition coefficient (Wildman–Crippen LogP) is 5.91. The molecule has 182 valence electrons. The summed E-state index contributed by atoms with van der Waals surface area (Å²) < 4.78 is 12.4. The van der Waals surface area contributed by atoms with Gasteiger partial charge in [-0.05, 0) is 44.0 Å². The molecule has 0 unspecified atom stereocenters. The number of hydrogen-bond donors (Lipinski definition) is 0. The van der Waals surface area contributed by atoms with Crippen LogP contribution in [0.3, 0.4) is 0 Å². The molecule has 3 saturated heterocycles. The largest absolute Gasteiger partial charge is 0.492 e. The first-order chi connectivity index (χ1) is 17.3. The van der Waals surface area contributed by atoms with Crippen molar-refractivity contribution in [2.45, 2.75) is 37.4 Å². The first-order valence-corrected chi connectivity index (χ1v) is 12.6. The molecule has 0 radical (unpaired) electrons. The molecule has 2 bridgehead atoms. The summed E-state index contributed by atoms with van der Waals surface area (Å²) in [5, 5.41) is 11.7. The van der Waals surface area contributed by atoms with Crippen LogP contribution in [0.25, 0.3) is 10.8 Å². The second-order valence-corrected chi connectivity index (χ2v) is 10.7. The number of amides is 2. The number of carbonyl (C=O) groups is 2. The summed E-state index contributed by atoms with van der Waals surface area (Å²) in [4.78, 5) is 29.1. The number of imide groups is 1. The molecule has 0 aromatic heterocycles. The molecule has 0 aliphatic carbocycles. The molecule has 0 saturated carbocycles. The van der Waals surface area contributed by atoms with E-state index in [0.717, 1.165) is 0 Å². The molecule has 6 rings (SSSR count). The lowest BCUT2D eigenvalue weighted by Gasteiger charge is -2.31. The fourth-order valence-electron chi connectivity index (χ4n) is 6.35. The Labute approximate surface area is 218 Å². The average Bonchev–Trinajstić information content (AvgIpc) is 3.45. The highest BCUT2D eigenvalue weighted by molar-refractivity contribution is 6.42. The molecule has 2 amide bonds. The van der Waals surface area contributed by atoms with Crippen molar-refractivity contribution in [3.05, 3.63) is 70.2 Å². The highest BCUT2D eigenvalue weighted by atomic mass is 35.5. The van der Waals surface area contributed by atoms with Crippen molar-refractivity contribution >= 4 is 51.5 Å². The summed E-state index contributed by atoms with van der Waals surface area (Å²) >= 11 is 12.4. The van der Waals surface area contributed by atoms with E-state index in [9.17, 15) is 14.9 Å². The van der Waals surface area contributed by atoms with Crippen LogP contribution in [0.4, 0.5) is 5.69 Å². The van der Waals surface area contributed by atoms with Gasteiger partial charge in [-0.2, -0.15) is 5.26 Å². The maximum atomic E-state index is 13.9. The van der Waals surface area contributed by atoms with Crippen LogP contribution in [0.2, 0.25) is 10.0 Å². The number of fused-ring (bicyclic) bond motifs is 6. The third kappa shape index (κ3) is 3.20. The van der Waals surface area contributed by atoms with Gasteiger partial charge in [-0.25, -0.2) is 4.90 Å². The molecular formula is C28H22Cl2N2O4. The molecule has 3 heterocycles. The van der Waals surface area contributed by atoms with Crippen LogP contribution in [-0.2, 0) is 14.3 Å².